The number of hydrogen-bond donors (Lipinski definition) is 3. The molecule has 0 aliphatic carbocycles. The molecule has 1 aromatic carbocycles. The second-order valence-electron chi connectivity index (χ2n) is 6.07. The summed E-state index contributed by atoms with van der Waals surface area (Å²) in [5.41, 5.74) is 0.603. The molecule has 0 bridgehead atoms. The predicted molar refractivity (Wildman–Crippen MR) is 85.7 cm³/mol. The van der Waals surface area contributed by atoms with Gasteiger partial charge < -0.3 is 20.4 Å². The van der Waals surface area contributed by atoms with Crippen LogP contribution < -0.4 is 5.32 Å². The van der Waals surface area contributed by atoms with Crippen LogP contribution in [0, 0.1) is 0 Å². The molecule has 1 saturated heterocycles. The Balaban J connectivity index is 1.86. The first kappa shape index (κ1) is 16.1. The summed E-state index contributed by atoms with van der Waals surface area (Å²) in [4.78, 5) is 2.53. The highest BCUT2D eigenvalue weighted by atomic mass is 16.3. The van der Waals surface area contributed by atoms with Crippen LogP contribution in [0.4, 0.5) is 0 Å². The summed E-state index contributed by atoms with van der Waals surface area (Å²) >= 11 is 0. The molecule has 1 aromatic rings. The van der Waals surface area contributed by atoms with Crippen molar-refractivity contribution in [2.45, 2.75) is 51.6 Å². The van der Waals surface area contributed by atoms with Gasteiger partial charge in [-0.2, -0.15) is 0 Å². The minimum atomic E-state index is -0.0432. The number of likely N-dealkylation sites (tertiary alicyclic amines) is 1. The molecule has 0 aromatic heterocycles. The van der Waals surface area contributed by atoms with E-state index >= 15 is 0 Å². The maximum absolute atomic E-state index is 9.92. The molecule has 0 spiro atoms. The first-order valence-electron chi connectivity index (χ1n) is 8.11. The van der Waals surface area contributed by atoms with E-state index in [4.69, 9.17) is 0 Å². The monoisotopic (exact) mass is 292 g/mol. The van der Waals surface area contributed by atoms with E-state index in [2.05, 4.69) is 17.1 Å². The first-order chi connectivity index (χ1) is 10.1. The van der Waals surface area contributed by atoms with Crippen LogP contribution in [0.3, 0.4) is 0 Å². The van der Waals surface area contributed by atoms with Crippen molar-refractivity contribution in [1.29, 1.82) is 0 Å². The molecule has 1 heterocycles. The molecular weight excluding hydrogens is 264 g/mol. The van der Waals surface area contributed by atoms with Gasteiger partial charge in [0.2, 0.25) is 0 Å². The molecule has 1 atom stereocenters. The number of nitrogens with one attached hydrogen (secondary N) is 1. The van der Waals surface area contributed by atoms with Gasteiger partial charge in [-0.3, -0.25) is 0 Å². The minimum Gasteiger partial charge on any atom is -0.507 e. The van der Waals surface area contributed by atoms with Gasteiger partial charge in [-0.15, -0.1) is 0 Å². The third-order valence-corrected chi connectivity index (χ3v) is 4.39. The third kappa shape index (κ3) is 4.35. The van der Waals surface area contributed by atoms with Crippen molar-refractivity contribution >= 4 is 0 Å². The summed E-state index contributed by atoms with van der Waals surface area (Å²) in [5.74, 6) is 0.325. The Morgan fingerprint density at radius 1 is 1.24 bits per heavy atom. The van der Waals surface area contributed by atoms with Crippen molar-refractivity contribution in [2.24, 2.45) is 0 Å². The zero-order valence-electron chi connectivity index (χ0n) is 13.2. The third-order valence-electron chi connectivity index (χ3n) is 4.39. The molecule has 0 saturated carbocycles. The van der Waals surface area contributed by atoms with Gasteiger partial charge in [0.1, 0.15) is 11.5 Å². The van der Waals surface area contributed by atoms with Crippen LogP contribution in [-0.4, -0.2) is 40.8 Å². The van der Waals surface area contributed by atoms with Crippen LogP contribution in [0.15, 0.2) is 18.2 Å². The highest BCUT2D eigenvalue weighted by Gasteiger charge is 2.22. The van der Waals surface area contributed by atoms with E-state index in [-0.39, 0.29) is 17.5 Å². The number of piperidine rings is 1. The SMILES string of the molecule is CCCCN1CCC(NC(C)c2c(O)cccc2O)CC1. The molecule has 4 heteroatoms. The number of unbranched alkanes of at least 4 members (excludes halogenated alkanes) is 1. The molecule has 1 fully saturated rings. The van der Waals surface area contributed by atoms with Crippen LogP contribution in [0.25, 0.3) is 0 Å². The normalized spacial score (nSPS) is 18.8. The van der Waals surface area contributed by atoms with Crippen molar-refractivity contribution in [1.82, 2.24) is 10.2 Å². The van der Waals surface area contributed by atoms with Crippen LogP contribution >= 0.6 is 0 Å². The predicted octanol–water partition coefficient (Wildman–Crippen LogP) is 3.01. The van der Waals surface area contributed by atoms with Gasteiger partial charge in [-0.05, 0) is 58.0 Å². The molecule has 3 N–H and O–H groups in total. The Bertz CT molecular complexity index is 422. The van der Waals surface area contributed by atoms with E-state index in [1.165, 1.54) is 19.4 Å². The maximum atomic E-state index is 9.92. The largest absolute Gasteiger partial charge is 0.507 e. The van der Waals surface area contributed by atoms with Gasteiger partial charge in [-0.25, -0.2) is 0 Å². The van der Waals surface area contributed by atoms with Crippen LogP contribution in [0.1, 0.15) is 51.1 Å². The molecule has 1 aliphatic heterocycles. The molecule has 118 valence electrons. The summed E-state index contributed by atoms with van der Waals surface area (Å²) in [6.07, 6.45) is 4.78. The lowest BCUT2D eigenvalue weighted by Crippen LogP contribution is -2.43. The quantitative estimate of drug-likeness (QED) is 0.754. The second-order valence-corrected chi connectivity index (χ2v) is 6.07. The Morgan fingerprint density at radius 3 is 2.43 bits per heavy atom. The van der Waals surface area contributed by atoms with E-state index in [0.717, 1.165) is 25.9 Å². The van der Waals surface area contributed by atoms with E-state index in [9.17, 15) is 10.2 Å². The van der Waals surface area contributed by atoms with E-state index < -0.39 is 0 Å². The standard InChI is InChI=1S/C17H28N2O2/c1-3-4-10-19-11-8-14(9-12-19)18-13(2)17-15(20)6-5-7-16(17)21/h5-7,13-14,18,20-21H,3-4,8-12H2,1-2H3. The van der Waals surface area contributed by atoms with Crippen LogP contribution in [0.5, 0.6) is 11.5 Å². The van der Waals surface area contributed by atoms with E-state index in [1.807, 2.05) is 6.92 Å². The van der Waals surface area contributed by atoms with Crippen molar-refractivity contribution in [3.05, 3.63) is 23.8 Å². The number of phenolic OH excluding ortho intramolecular Hbond substituents is 2. The van der Waals surface area contributed by atoms with Gasteiger partial charge in [0.15, 0.2) is 0 Å². The molecule has 0 amide bonds. The van der Waals surface area contributed by atoms with E-state index in [0.29, 0.717) is 11.6 Å². The number of nitrogens with zero attached hydrogens (tertiary/aromatic N) is 1. The zero-order chi connectivity index (χ0) is 15.2. The molecule has 1 aliphatic rings. The summed E-state index contributed by atoms with van der Waals surface area (Å²) in [6, 6.07) is 5.32. The highest BCUT2D eigenvalue weighted by molar-refractivity contribution is 5.44. The Hall–Kier alpha value is -1.26. The topological polar surface area (TPSA) is 55.7 Å². The number of rotatable bonds is 6. The van der Waals surface area contributed by atoms with E-state index in [1.54, 1.807) is 18.2 Å². The molecule has 21 heavy (non-hydrogen) atoms. The minimum absolute atomic E-state index is 0.0432. The molecule has 2 rings (SSSR count). The lowest BCUT2D eigenvalue weighted by Gasteiger charge is -2.34. The summed E-state index contributed by atoms with van der Waals surface area (Å²) in [5, 5.41) is 23.4. The Morgan fingerprint density at radius 2 is 1.86 bits per heavy atom. The Kier molecular flexibility index (Phi) is 5.88. The molecule has 0 radical (unpaired) electrons. The lowest BCUT2D eigenvalue weighted by molar-refractivity contribution is 0.189. The van der Waals surface area contributed by atoms with Crippen molar-refractivity contribution in [3.63, 3.8) is 0 Å². The molecule has 4 nitrogen and oxygen atoms in total. The maximum Gasteiger partial charge on any atom is 0.124 e. The number of benzene rings is 1. The fourth-order valence-corrected chi connectivity index (χ4v) is 3.13. The number of aromatic hydroxyl groups is 2. The van der Waals surface area contributed by atoms with Gasteiger partial charge >= 0.3 is 0 Å². The molecule has 1 unspecified atom stereocenters. The van der Waals surface area contributed by atoms with Gasteiger partial charge in [0, 0.05) is 12.1 Å². The summed E-state index contributed by atoms with van der Waals surface area (Å²) in [6.45, 7) is 7.71. The smallest absolute Gasteiger partial charge is 0.124 e. The van der Waals surface area contributed by atoms with Crippen LogP contribution in [0.2, 0.25) is 0 Å². The lowest BCUT2D eigenvalue weighted by atomic mass is 10.0. The van der Waals surface area contributed by atoms with Crippen LogP contribution in [-0.2, 0) is 0 Å². The summed E-state index contributed by atoms with van der Waals surface area (Å²) < 4.78 is 0. The Labute approximate surface area is 127 Å². The first-order valence-corrected chi connectivity index (χ1v) is 8.11. The van der Waals surface area contributed by atoms with Gasteiger partial charge in [0.25, 0.3) is 0 Å². The zero-order valence-corrected chi connectivity index (χ0v) is 13.2. The van der Waals surface area contributed by atoms with Gasteiger partial charge in [-0.1, -0.05) is 19.4 Å². The number of hydrogen-bond acceptors (Lipinski definition) is 4. The molecular formula is C17H28N2O2. The fourth-order valence-electron chi connectivity index (χ4n) is 3.13. The fraction of sp³-hybridized carbons (Fsp3) is 0.647. The van der Waals surface area contributed by atoms with Crippen molar-refractivity contribution < 1.29 is 10.2 Å². The number of phenols is 2. The summed E-state index contributed by atoms with van der Waals surface area (Å²) in [7, 11) is 0. The van der Waals surface area contributed by atoms with Crippen molar-refractivity contribution in [2.75, 3.05) is 19.6 Å². The average molecular weight is 292 g/mol. The average Bonchev–Trinajstić information content (AvgIpc) is 2.46. The van der Waals surface area contributed by atoms with Crippen molar-refractivity contribution in [3.8, 4) is 11.5 Å². The highest BCUT2D eigenvalue weighted by Crippen LogP contribution is 2.32. The van der Waals surface area contributed by atoms with Gasteiger partial charge in [0.05, 0.1) is 5.56 Å². The second kappa shape index (κ2) is 7.66.